The molecule has 8 nitrogen and oxygen atoms in total. The van der Waals surface area contributed by atoms with Gasteiger partial charge in [0.2, 0.25) is 0 Å². The molecular weight excluding hydrogens is 410 g/mol. The molecule has 2 fully saturated rings. The zero-order chi connectivity index (χ0) is 22.1. The Morgan fingerprint density at radius 2 is 1.87 bits per heavy atom. The van der Waals surface area contributed by atoms with Gasteiger partial charge in [0.15, 0.2) is 23.6 Å². The SMILES string of the molecule is CC1(C)O[C@@H]2[C@H](O1)[C@@H](C(C)(O)c1ccc(F)c(F)c1)O[C@H]2n1ccc2c(N)ncnc21. The molecule has 1 aromatic carbocycles. The zero-order valence-electron chi connectivity index (χ0n) is 17.1. The van der Waals surface area contributed by atoms with Crippen LogP contribution in [0.5, 0.6) is 0 Å². The molecule has 0 saturated carbocycles. The van der Waals surface area contributed by atoms with E-state index in [0.717, 1.165) is 12.1 Å². The second-order valence-corrected chi connectivity index (χ2v) is 8.51. The molecule has 5 atom stereocenters. The standard InChI is InChI=1S/C21H22F2N4O4/c1-20(2)30-14-15(31-20)19(27-7-6-11-17(24)25-9-26-18(11)27)29-16(14)21(3,28)10-4-5-12(22)13(23)8-10/h4-9,14-16,19,28H,1-3H3,(H2,24,25,26)/t14-,15+,16-,19+,21?/m0/s1. The number of aromatic nitrogens is 3. The van der Waals surface area contributed by atoms with E-state index in [1.165, 1.54) is 19.3 Å². The number of halogens is 2. The lowest BCUT2D eigenvalue weighted by Gasteiger charge is -2.34. The van der Waals surface area contributed by atoms with Crippen molar-refractivity contribution in [3.8, 4) is 0 Å². The van der Waals surface area contributed by atoms with E-state index in [2.05, 4.69) is 9.97 Å². The number of rotatable bonds is 3. The van der Waals surface area contributed by atoms with Gasteiger partial charge < -0.3 is 29.6 Å². The Balaban J connectivity index is 1.58. The van der Waals surface area contributed by atoms with Crippen LogP contribution in [0.4, 0.5) is 14.6 Å². The van der Waals surface area contributed by atoms with Crippen LogP contribution in [-0.4, -0.2) is 43.7 Å². The maximum atomic E-state index is 13.9. The van der Waals surface area contributed by atoms with Crippen LogP contribution in [0, 0.1) is 11.6 Å². The van der Waals surface area contributed by atoms with Crippen molar-refractivity contribution in [2.45, 2.75) is 56.7 Å². The Bertz CT molecular complexity index is 1170. The Morgan fingerprint density at radius 1 is 1.13 bits per heavy atom. The minimum absolute atomic E-state index is 0.160. The van der Waals surface area contributed by atoms with Gasteiger partial charge in [-0.15, -0.1) is 0 Å². The van der Waals surface area contributed by atoms with E-state index in [9.17, 15) is 13.9 Å². The molecule has 10 heteroatoms. The van der Waals surface area contributed by atoms with Crippen molar-refractivity contribution in [1.29, 1.82) is 0 Å². The Labute approximate surface area is 176 Å². The van der Waals surface area contributed by atoms with E-state index in [1.54, 1.807) is 30.7 Å². The van der Waals surface area contributed by atoms with Crippen molar-refractivity contribution in [3.05, 3.63) is 54.0 Å². The number of nitrogen functional groups attached to an aromatic ring is 1. The van der Waals surface area contributed by atoms with Crippen LogP contribution in [0.2, 0.25) is 0 Å². The van der Waals surface area contributed by atoms with Gasteiger partial charge in [0, 0.05) is 6.20 Å². The summed E-state index contributed by atoms with van der Waals surface area (Å²) in [4.78, 5) is 8.30. The number of nitrogens with zero attached hydrogens (tertiary/aromatic N) is 3. The first-order chi connectivity index (χ1) is 14.6. The van der Waals surface area contributed by atoms with E-state index < -0.39 is 47.6 Å². The van der Waals surface area contributed by atoms with E-state index in [0.29, 0.717) is 16.9 Å². The molecule has 5 rings (SSSR count). The Hall–Kier alpha value is -2.66. The number of benzene rings is 1. The van der Waals surface area contributed by atoms with E-state index in [1.807, 2.05) is 0 Å². The van der Waals surface area contributed by atoms with Crippen molar-refractivity contribution in [3.63, 3.8) is 0 Å². The number of ether oxygens (including phenoxy) is 3. The third-order valence-electron chi connectivity index (χ3n) is 5.90. The summed E-state index contributed by atoms with van der Waals surface area (Å²) in [6.07, 6.45) is 0.182. The fourth-order valence-corrected chi connectivity index (χ4v) is 4.42. The molecule has 0 aliphatic carbocycles. The first kappa shape index (κ1) is 20.3. The molecule has 2 aliphatic heterocycles. The van der Waals surface area contributed by atoms with Crippen molar-refractivity contribution in [2.75, 3.05) is 5.73 Å². The fraction of sp³-hybridized carbons (Fsp3) is 0.429. The van der Waals surface area contributed by atoms with Gasteiger partial charge in [-0.2, -0.15) is 0 Å². The summed E-state index contributed by atoms with van der Waals surface area (Å²) < 4.78 is 47.5. The third-order valence-corrected chi connectivity index (χ3v) is 5.90. The molecular formula is C21H22F2N4O4. The van der Waals surface area contributed by atoms with Crippen LogP contribution in [0.15, 0.2) is 36.8 Å². The molecule has 0 amide bonds. The smallest absolute Gasteiger partial charge is 0.164 e. The molecule has 2 aromatic heterocycles. The average Bonchev–Trinajstić information content (AvgIpc) is 3.35. The molecule has 0 spiro atoms. The summed E-state index contributed by atoms with van der Waals surface area (Å²) in [5, 5.41) is 12.0. The number of hydrogen-bond donors (Lipinski definition) is 2. The van der Waals surface area contributed by atoms with Gasteiger partial charge in [-0.1, -0.05) is 6.07 Å². The van der Waals surface area contributed by atoms with Gasteiger partial charge in [-0.3, -0.25) is 0 Å². The highest BCUT2D eigenvalue weighted by atomic mass is 19.2. The predicted molar refractivity (Wildman–Crippen MR) is 106 cm³/mol. The maximum absolute atomic E-state index is 13.9. The minimum atomic E-state index is -1.70. The lowest BCUT2D eigenvalue weighted by Crippen LogP contribution is -2.45. The normalized spacial score (nSPS) is 29.2. The molecule has 31 heavy (non-hydrogen) atoms. The number of fused-ring (bicyclic) bond motifs is 2. The largest absolute Gasteiger partial charge is 0.383 e. The van der Waals surface area contributed by atoms with E-state index in [4.69, 9.17) is 19.9 Å². The van der Waals surface area contributed by atoms with Crippen LogP contribution in [0.3, 0.4) is 0 Å². The van der Waals surface area contributed by atoms with Crippen LogP contribution in [0.25, 0.3) is 11.0 Å². The van der Waals surface area contributed by atoms with Crippen molar-refractivity contribution in [1.82, 2.24) is 14.5 Å². The fourth-order valence-electron chi connectivity index (χ4n) is 4.42. The van der Waals surface area contributed by atoms with Crippen LogP contribution in [-0.2, 0) is 19.8 Å². The van der Waals surface area contributed by atoms with Crippen LogP contribution in [0.1, 0.15) is 32.6 Å². The first-order valence-corrected chi connectivity index (χ1v) is 9.84. The van der Waals surface area contributed by atoms with Crippen molar-refractivity contribution >= 4 is 16.9 Å². The molecule has 1 unspecified atom stereocenters. The lowest BCUT2D eigenvalue weighted by atomic mass is 9.86. The summed E-state index contributed by atoms with van der Waals surface area (Å²) in [5.41, 5.74) is 4.95. The molecule has 0 bridgehead atoms. The molecule has 3 aromatic rings. The monoisotopic (exact) mass is 432 g/mol. The van der Waals surface area contributed by atoms with Gasteiger partial charge in [-0.25, -0.2) is 18.7 Å². The molecule has 2 aliphatic rings. The van der Waals surface area contributed by atoms with Gasteiger partial charge in [0.1, 0.15) is 41.7 Å². The number of hydrogen-bond acceptors (Lipinski definition) is 7. The van der Waals surface area contributed by atoms with Gasteiger partial charge in [-0.05, 0) is 44.5 Å². The topological polar surface area (TPSA) is 105 Å². The summed E-state index contributed by atoms with van der Waals surface area (Å²) in [7, 11) is 0. The lowest BCUT2D eigenvalue weighted by molar-refractivity contribution is -0.221. The second-order valence-electron chi connectivity index (χ2n) is 8.51. The molecule has 164 valence electrons. The molecule has 3 N–H and O–H groups in total. The van der Waals surface area contributed by atoms with Crippen molar-refractivity contribution in [2.24, 2.45) is 0 Å². The summed E-state index contributed by atoms with van der Waals surface area (Å²) in [5.74, 6) is -2.67. The summed E-state index contributed by atoms with van der Waals surface area (Å²) >= 11 is 0. The minimum Gasteiger partial charge on any atom is -0.383 e. The number of nitrogens with two attached hydrogens (primary N) is 1. The Kier molecular flexibility index (Phi) is 4.36. The maximum Gasteiger partial charge on any atom is 0.164 e. The quantitative estimate of drug-likeness (QED) is 0.656. The highest BCUT2D eigenvalue weighted by molar-refractivity contribution is 5.86. The van der Waals surface area contributed by atoms with Gasteiger partial charge in [0.25, 0.3) is 0 Å². The zero-order valence-corrected chi connectivity index (χ0v) is 17.1. The third kappa shape index (κ3) is 3.09. The Morgan fingerprint density at radius 3 is 2.61 bits per heavy atom. The van der Waals surface area contributed by atoms with E-state index >= 15 is 0 Å². The van der Waals surface area contributed by atoms with E-state index in [-0.39, 0.29) is 5.56 Å². The molecule has 0 radical (unpaired) electrons. The van der Waals surface area contributed by atoms with Crippen LogP contribution < -0.4 is 5.73 Å². The first-order valence-electron chi connectivity index (χ1n) is 9.84. The van der Waals surface area contributed by atoms with Crippen LogP contribution >= 0.6 is 0 Å². The van der Waals surface area contributed by atoms with Gasteiger partial charge >= 0.3 is 0 Å². The highest BCUT2D eigenvalue weighted by Crippen LogP contribution is 2.48. The van der Waals surface area contributed by atoms with Gasteiger partial charge in [0.05, 0.1) is 5.39 Å². The molecule has 2 saturated heterocycles. The van der Waals surface area contributed by atoms with Crippen molar-refractivity contribution < 1.29 is 28.1 Å². The molecule has 4 heterocycles. The summed E-state index contributed by atoms with van der Waals surface area (Å²) in [6, 6.07) is 5.02. The number of anilines is 1. The second kappa shape index (κ2) is 6.67. The number of aliphatic hydroxyl groups is 1. The predicted octanol–water partition coefficient (Wildman–Crippen LogP) is 2.62. The summed E-state index contributed by atoms with van der Waals surface area (Å²) in [6.45, 7) is 5.01. The average molecular weight is 432 g/mol. The highest BCUT2D eigenvalue weighted by Gasteiger charge is 2.60.